The predicted octanol–water partition coefficient (Wildman–Crippen LogP) is 2.50. The van der Waals surface area contributed by atoms with Gasteiger partial charge < -0.3 is 10.2 Å². The number of likely N-dealkylation sites (tertiary alicyclic amines) is 1. The Bertz CT molecular complexity index is 181. The van der Waals surface area contributed by atoms with Crippen LogP contribution in [0, 0.1) is 11.8 Å². The molecule has 2 atom stereocenters. The molecule has 2 heteroatoms. The molecule has 2 aliphatic rings. The summed E-state index contributed by atoms with van der Waals surface area (Å²) in [5.74, 6) is 1.94. The Kier molecular flexibility index (Phi) is 5.11. The molecule has 0 bridgehead atoms. The Labute approximate surface area is 101 Å². The molecule has 0 aromatic heterocycles. The summed E-state index contributed by atoms with van der Waals surface area (Å²) >= 11 is 0. The average Bonchev–Trinajstić information content (AvgIpc) is 2.83. The maximum absolute atomic E-state index is 3.51. The zero-order valence-electron chi connectivity index (χ0n) is 10.9. The van der Waals surface area contributed by atoms with Crippen LogP contribution in [0.2, 0.25) is 0 Å². The van der Waals surface area contributed by atoms with Crippen LogP contribution in [-0.2, 0) is 0 Å². The van der Waals surface area contributed by atoms with Crippen LogP contribution in [0.15, 0.2) is 0 Å². The van der Waals surface area contributed by atoms with E-state index in [-0.39, 0.29) is 0 Å². The molecule has 2 saturated heterocycles. The van der Waals surface area contributed by atoms with Crippen molar-refractivity contribution < 1.29 is 0 Å². The van der Waals surface area contributed by atoms with E-state index in [1.54, 1.807) is 0 Å². The lowest BCUT2D eigenvalue weighted by atomic mass is 10.0. The second-order valence-corrected chi connectivity index (χ2v) is 5.71. The normalized spacial score (nSPS) is 29.8. The first-order valence-corrected chi connectivity index (χ1v) is 7.33. The first-order valence-electron chi connectivity index (χ1n) is 7.33. The van der Waals surface area contributed by atoms with Crippen LogP contribution in [0.5, 0.6) is 0 Å². The van der Waals surface area contributed by atoms with Crippen LogP contribution in [0.1, 0.15) is 45.4 Å². The summed E-state index contributed by atoms with van der Waals surface area (Å²) < 4.78 is 0. The van der Waals surface area contributed by atoms with Crippen LogP contribution in [0.4, 0.5) is 0 Å². The Balaban J connectivity index is 1.48. The van der Waals surface area contributed by atoms with Gasteiger partial charge in [0.15, 0.2) is 0 Å². The Morgan fingerprint density at radius 3 is 2.25 bits per heavy atom. The molecule has 0 aliphatic carbocycles. The number of hydrogen-bond donors (Lipinski definition) is 1. The van der Waals surface area contributed by atoms with E-state index in [2.05, 4.69) is 17.1 Å². The average molecular weight is 224 g/mol. The van der Waals surface area contributed by atoms with Crippen LogP contribution in [0.3, 0.4) is 0 Å². The zero-order chi connectivity index (χ0) is 11.2. The number of rotatable bonds is 7. The number of nitrogens with one attached hydrogen (secondary N) is 1. The van der Waals surface area contributed by atoms with E-state index < -0.39 is 0 Å². The molecule has 2 aliphatic heterocycles. The van der Waals surface area contributed by atoms with E-state index in [1.807, 2.05) is 0 Å². The molecule has 0 radical (unpaired) electrons. The van der Waals surface area contributed by atoms with Crippen molar-refractivity contribution in [3.05, 3.63) is 0 Å². The van der Waals surface area contributed by atoms with Gasteiger partial charge >= 0.3 is 0 Å². The van der Waals surface area contributed by atoms with E-state index >= 15 is 0 Å². The van der Waals surface area contributed by atoms with E-state index in [0.717, 1.165) is 11.8 Å². The Morgan fingerprint density at radius 2 is 1.56 bits per heavy atom. The van der Waals surface area contributed by atoms with Gasteiger partial charge in [0.2, 0.25) is 0 Å². The SMILES string of the molecule is CCCCCCCCN1CC2CNCC2C1. The molecule has 2 rings (SSSR count). The van der Waals surface area contributed by atoms with Gasteiger partial charge in [-0.15, -0.1) is 0 Å². The van der Waals surface area contributed by atoms with Crippen molar-refractivity contribution in [1.82, 2.24) is 10.2 Å². The highest BCUT2D eigenvalue weighted by molar-refractivity contribution is 4.90. The summed E-state index contributed by atoms with van der Waals surface area (Å²) in [6, 6.07) is 0. The molecule has 2 heterocycles. The van der Waals surface area contributed by atoms with Gasteiger partial charge in [0.25, 0.3) is 0 Å². The minimum Gasteiger partial charge on any atom is -0.316 e. The minimum atomic E-state index is 0.972. The summed E-state index contributed by atoms with van der Waals surface area (Å²) in [7, 11) is 0. The number of nitrogens with zero attached hydrogens (tertiary/aromatic N) is 1. The second-order valence-electron chi connectivity index (χ2n) is 5.71. The Hall–Kier alpha value is -0.0800. The molecule has 0 saturated carbocycles. The molecule has 0 aromatic rings. The molecule has 94 valence electrons. The molecule has 1 N–H and O–H groups in total. The lowest BCUT2D eigenvalue weighted by molar-refractivity contribution is 0.304. The maximum atomic E-state index is 3.51. The lowest BCUT2D eigenvalue weighted by Crippen LogP contribution is -2.26. The third-order valence-electron chi connectivity index (χ3n) is 4.29. The van der Waals surface area contributed by atoms with Crippen molar-refractivity contribution in [3.8, 4) is 0 Å². The quantitative estimate of drug-likeness (QED) is 0.668. The molecule has 2 fully saturated rings. The number of fused-ring (bicyclic) bond motifs is 1. The van der Waals surface area contributed by atoms with Gasteiger partial charge in [0.05, 0.1) is 0 Å². The molecule has 0 aromatic carbocycles. The van der Waals surface area contributed by atoms with Gasteiger partial charge in [-0.25, -0.2) is 0 Å². The van der Waals surface area contributed by atoms with Crippen molar-refractivity contribution in [2.24, 2.45) is 11.8 Å². The first kappa shape index (κ1) is 12.4. The second kappa shape index (κ2) is 6.61. The van der Waals surface area contributed by atoms with E-state index in [9.17, 15) is 0 Å². The topological polar surface area (TPSA) is 15.3 Å². The molecular formula is C14H28N2. The first-order chi connectivity index (χ1) is 7.90. The van der Waals surface area contributed by atoms with Gasteiger partial charge in [-0.2, -0.15) is 0 Å². The molecule has 2 nitrogen and oxygen atoms in total. The lowest BCUT2D eigenvalue weighted by Gasteiger charge is -2.16. The van der Waals surface area contributed by atoms with Gasteiger partial charge in [-0.05, 0) is 37.9 Å². The van der Waals surface area contributed by atoms with Crippen LogP contribution < -0.4 is 5.32 Å². The number of hydrogen-bond acceptors (Lipinski definition) is 2. The molecule has 16 heavy (non-hydrogen) atoms. The standard InChI is InChI=1S/C14H28N2/c1-2-3-4-5-6-7-8-16-11-13-9-15-10-14(13)12-16/h13-15H,2-12H2,1H3. The highest BCUT2D eigenvalue weighted by atomic mass is 15.2. The van der Waals surface area contributed by atoms with Gasteiger partial charge in [-0.3, -0.25) is 0 Å². The van der Waals surface area contributed by atoms with Gasteiger partial charge in [0.1, 0.15) is 0 Å². The fourth-order valence-electron chi connectivity index (χ4n) is 3.25. The minimum absolute atomic E-state index is 0.972. The predicted molar refractivity (Wildman–Crippen MR) is 69.7 cm³/mol. The largest absolute Gasteiger partial charge is 0.316 e. The summed E-state index contributed by atoms with van der Waals surface area (Å²) in [4.78, 5) is 2.70. The van der Waals surface area contributed by atoms with Crippen molar-refractivity contribution in [3.63, 3.8) is 0 Å². The summed E-state index contributed by atoms with van der Waals surface area (Å²) in [6.45, 7) is 8.94. The van der Waals surface area contributed by atoms with Crippen molar-refractivity contribution in [2.45, 2.75) is 45.4 Å². The highest BCUT2D eigenvalue weighted by Gasteiger charge is 2.35. The Morgan fingerprint density at radius 1 is 0.938 bits per heavy atom. The van der Waals surface area contributed by atoms with E-state index in [1.165, 1.54) is 71.2 Å². The third-order valence-corrected chi connectivity index (χ3v) is 4.29. The van der Waals surface area contributed by atoms with Crippen molar-refractivity contribution in [1.29, 1.82) is 0 Å². The number of unbranched alkanes of at least 4 members (excludes halogenated alkanes) is 5. The third kappa shape index (κ3) is 3.46. The van der Waals surface area contributed by atoms with Gasteiger partial charge in [0, 0.05) is 13.1 Å². The fourth-order valence-corrected chi connectivity index (χ4v) is 3.25. The fraction of sp³-hybridized carbons (Fsp3) is 1.00. The summed E-state index contributed by atoms with van der Waals surface area (Å²) in [5.41, 5.74) is 0. The molecule has 2 unspecified atom stereocenters. The summed E-state index contributed by atoms with van der Waals surface area (Å²) in [5, 5.41) is 3.51. The monoisotopic (exact) mass is 224 g/mol. The van der Waals surface area contributed by atoms with Crippen LogP contribution >= 0.6 is 0 Å². The van der Waals surface area contributed by atoms with Crippen molar-refractivity contribution in [2.75, 3.05) is 32.7 Å². The molecule has 0 amide bonds. The van der Waals surface area contributed by atoms with Gasteiger partial charge in [-0.1, -0.05) is 39.0 Å². The molecular weight excluding hydrogens is 196 g/mol. The zero-order valence-corrected chi connectivity index (χ0v) is 10.9. The van der Waals surface area contributed by atoms with E-state index in [0.29, 0.717) is 0 Å². The van der Waals surface area contributed by atoms with Crippen LogP contribution in [-0.4, -0.2) is 37.6 Å². The highest BCUT2D eigenvalue weighted by Crippen LogP contribution is 2.26. The van der Waals surface area contributed by atoms with Crippen molar-refractivity contribution >= 4 is 0 Å². The van der Waals surface area contributed by atoms with Crippen LogP contribution in [0.25, 0.3) is 0 Å². The molecule has 0 spiro atoms. The summed E-state index contributed by atoms with van der Waals surface area (Å²) in [6.07, 6.45) is 8.57. The maximum Gasteiger partial charge on any atom is 0.00255 e. The smallest absolute Gasteiger partial charge is 0.00255 e. The van der Waals surface area contributed by atoms with E-state index in [4.69, 9.17) is 0 Å².